The largest absolute Gasteiger partial charge is 0.464 e. The van der Waals surface area contributed by atoms with Crippen LogP contribution < -0.4 is 5.32 Å². The van der Waals surface area contributed by atoms with Crippen molar-refractivity contribution in [1.82, 2.24) is 10.2 Å². The molecule has 0 radical (unpaired) electrons. The van der Waals surface area contributed by atoms with Crippen LogP contribution in [-0.4, -0.2) is 30.6 Å². The van der Waals surface area contributed by atoms with E-state index in [0.29, 0.717) is 6.04 Å². The molecule has 3 heteroatoms. The van der Waals surface area contributed by atoms with Crippen LogP contribution >= 0.6 is 0 Å². The summed E-state index contributed by atoms with van der Waals surface area (Å²) < 4.78 is 5.61. The van der Waals surface area contributed by atoms with E-state index >= 15 is 0 Å². The van der Waals surface area contributed by atoms with Crippen LogP contribution in [0.4, 0.5) is 0 Å². The van der Waals surface area contributed by atoms with Gasteiger partial charge in [-0.2, -0.15) is 0 Å². The molecule has 3 nitrogen and oxygen atoms in total. The fourth-order valence-electron chi connectivity index (χ4n) is 3.78. The smallest absolute Gasteiger partial charge is 0.134 e. The Balaban J connectivity index is 1.60. The summed E-state index contributed by atoms with van der Waals surface area (Å²) in [4.78, 5) is 2.66. The molecular weight excluding hydrogens is 260 g/mol. The second-order valence-electron chi connectivity index (χ2n) is 6.32. The second-order valence-corrected chi connectivity index (χ2v) is 6.32. The van der Waals surface area contributed by atoms with Gasteiger partial charge < -0.3 is 9.73 Å². The van der Waals surface area contributed by atoms with E-state index in [1.807, 2.05) is 6.07 Å². The van der Waals surface area contributed by atoms with Crippen molar-refractivity contribution in [3.8, 4) is 11.3 Å². The molecule has 1 aromatic heterocycles. The van der Waals surface area contributed by atoms with Gasteiger partial charge in [-0.15, -0.1) is 0 Å². The van der Waals surface area contributed by atoms with Crippen molar-refractivity contribution in [3.63, 3.8) is 0 Å². The normalized spacial score (nSPS) is 25.9. The Morgan fingerprint density at radius 2 is 2.05 bits per heavy atom. The average Bonchev–Trinajstić information content (AvgIpc) is 2.87. The molecule has 0 amide bonds. The molecule has 3 aliphatic heterocycles. The molecule has 21 heavy (non-hydrogen) atoms. The van der Waals surface area contributed by atoms with Crippen molar-refractivity contribution in [2.24, 2.45) is 5.92 Å². The fourth-order valence-corrected chi connectivity index (χ4v) is 3.78. The summed E-state index contributed by atoms with van der Waals surface area (Å²) in [6.45, 7) is 4.58. The Labute approximate surface area is 126 Å². The first-order valence-electron chi connectivity index (χ1n) is 7.97. The van der Waals surface area contributed by atoms with E-state index in [4.69, 9.17) is 4.42 Å². The molecule has 0 aliphatic carbocycles. The average molecular weight is 282 g/mol. The monoisotopic (exact) mass is 282 g/mol. The van der Waals surface area contributed by atoms with Gasteiger partial charge in [0.15, 0.2) is 0 Å². The molecule has 5 rings (SSSR count). The zero-order valence-electron chi connectivity index (χ0n) is 12.3. The first kappa shape index (κ1) is 13.1. The van der Waals surface area contributed by atoms with Gasteiger partial charge in [0.05, 0.1) is 6.26 Å². The molecule has 3 saturated heterocycles. The Kier molecular flexibility index (Phi) is 3.53. The van der Waals surface area contributed by atoms with Crippen LogP contribution in [-0.2, 0) is 6.54 Å². The molecule has 3 fully saturated rings. The highest BCUT2D eigenvalue weighted by Crippen LogP contribution is 2.29. The summed E-state index contributed by atoms with van der Waals surface area (Å²) >= 11 is 0. The summed E-state index contributed by atoms with van der Waals surface area (Å²) in [5.74, 6) is 1.79. The van der Waals surface area contributed by atoms with Crippen LogP contribution in [0.25, 0.3) is 11.3 Å². The predicted octanol–water partition coefficient (Wildman–Crippen LogP) is 3.13. The Bertz CT molecular complexity index is 589. The summed E-state index contributed by atoms with van der Waals surface area (Å²) in [5.41, 5.74) is 2.61. The fraction of sp³-hybridized carbons (Fsp3) is 0.444. The topological polar surface area (TPSA) is 28.4 Å². The number of rotatable bonds is 3. The van der Waals surface area contributed by atoms with Gasteiger partial charge in [-0.25, -0.2) is 0 Å². The van der Waals surface area contributed by atoms with Crippen molar-refractivity contribution >= 4 is 0 Å². The third kappa shape index (κ3) is 2.63. The minimum Gasteiger partial charge on any atom is -0.464 e. The van der Waals surface area contributed by atoms with E-state index in [1.54, 1.807) is 6.26 Å². The lowest BCUT2D eigenvalue weighted by atomic mass is 9.94. The lowest BCUT2D eigenvalue weighted by molar-refractivity contribution is 0.126. The molecular formula is C18H22N2O. The molecule has 0 spiro atoms. The second kappa shape index (κ2) is 5.66. The molecule has 1 aromatic carbocycles. The molecule has 0 saturated carbocycles. The number of fused-ring (bicyclic) bond motifs is 4. The molecule has 2 aromatic rings. The minimum absolute atomic E-state index is 0.688. The van der Waals surface area contributed by atoms with Crippen LogP contribution in [0.3, 0.4) is 0 Å². The standard InChI is InChI=1S/C18H22N2O/c1-2-5-17(18-6-3-9-21-18)15(4-1)13-20-12-14-7-8-16(20)11-19-10-14/h1-6,9,14,16,19H,7-8,10-13H2/t14-,16+/m1/s1. The van der Waals surface area contributed by atoms with E-state index in [9.17, 15) is 0 Å². The van der Waals surface area contributed by atoms with Crippen molar-refractivity contribution in [2.75, 3.05) is 19.6 Å². The molecule has 2 bridgehead atoms. The van der Waals surface area contributed by atoms with E-state index in [0.717, 1.165) is 24.8 Å². The van der Waals surface area contributed by atoms with E-state index < -0.39 is 0 Å². The highest BCUT2D eigenvalue weighted by Gasteiger charge is 2.31. The lowest BCUT2D eigenvalue weighted by Gasteiger charge is -2.36. The van der Waals surface area contributed by atoms with Crippen LogP contribution in [0.2, 0.25) is 0 Å². The summed E-state index contributed by atoms with van der Waals surface area (Å²) in [5, 5.41) is 3.61. The van der Waals surface area contributed by atoms with Crippen LogP contribution in [0.1, 0.15) is 18.4 Å². The van der Waals surface area contributed by atoms with Gasteiger partial charge in [-0.3, -0.25) is 4.90 Å². The van der Waals surface area contributed by atoms with Gasteiger partial charge in [0.25, 0.3) is 0 Å². The SMILES string of the molecule is c1coc(-c2ccccc2CN2C[C@@H]3CC[C@H]2CNC3)c1. The number of benzene rings is 1. The van der Waals surface area contributed by atoms with E-state index in [2.05, 4.69) is 40.5 Å². The van der Waals surface area contributed by atoms with Gasteiger partial charge in [0, 0.05) is 31.2 Å². The minimum atomic E-state index is 0.688. The number of hydrogen-bond donors (Lipinski definition) is 1. The summed E-state index contributed by atoms with van der Waals surface area (Å²) in [7, 11) is 0. The highest BCUT2D eigenvalue weighted by molar-refractivity contribution is 5.61. The van der Waals surface area contributed by atoms with Gasteiger partial charge in [-0.05, 0) is 43.0 Å². The van der Waals surface area contributed by atoms with Crippen molar-refractivity contribution < 1.29 is 4.42 Å². The van der Waals surface area contributed by atoms with Crippen molar-refractivity contribution in [3.05, 3.63) is 48.2 Å². The predicted molar refractivity (Wildman–Crippen MR) is 83.9 cm³/mol. The number of piperidine rings is 1. The van der Waals surface area contributed by atoms with Crippen molar-refractivity contribution in [2.45, 2.75) is 25.4 Å². The molecule has 0 unspecified atom stereocenters. The number of nitrogens with one attached hydrogen (secondary N) is 1. The number of nitrogens with zero attached hydrogens (tertiary/aromatic N) is 1. The van der Waals surface area contributed by atoms with E-state index in [1.165, 1.54) is 37.1 Å². The number of hydrogen-bond acceptors (Lipinski definition) is 3. The van der Waals surface area contributed by atoms with Gasteiger partial charge in [0.2, 0.25) is 0 Å². The molecule has 110 valence electrons. The quantitative estimate of drug-likeness (QED) is 0.937. The Morgan fingerprint density at radius 1 is 1.10 bits per heavy atom. The highest BCUT2D eigenvalue weighted by atomic mass is 16.3. The summed E-state index contributed by atoms with van der Waals surface area (Å²) in [6.07, 6.45) is 4.47. The summed E-state index contributed by atoms with van der Waals surface area (Å²) in [6, 6.07) is 13.3. The lowest BCUT2D eigenvalue weighted by Crippen LogP contribution is -2.43. The molecule has 4 heterocycles. The van der Waals surface area contributed by atoms with Crippen LogP contribution in [0.15, 0.2) is 47.1 Å². The van der Waals surface area contributed by atoms with Gasteiger partial charge in [0.1, 0.15) is 5.76 Å². The maximum Gasteiger partial charge on any atom is 0.134 e. The third-order valence-electron chi connectivity index (χ3n) is 4.91. The molecule has 3 aliphatic rings. The van der Waals surface area contributed by atoms with Gasteiger partial charge >= 0.3 is 0 Å². The van der Waals surface area contributed by atoms with Crippen molar-refractivity contribution in [1.29, 1.82) is 0 Å². The van der Waals surface area contributed by atoms with Crippen LogP contribution in [0, 0.1) is 5.92 Å². The van der Waals surface area contributed by atoms with E-state index in [-0.39, 0.29) is 0 Å². The maximum absolute atomic E-state index is 5.61. The zero-order valence-corrected chi connectivity index (χ0v) is 12.3. The Hall–Kier alpha value is -1.58. The molecule has 2 atom stereocenters. The third-order valence-corrected chi connectivity index (χ3v) is 4.91. The van der Waals surface area contributed by atoms with Crippen LogP contribution in [0.5, 0.6) is 0 Å². The first-order valence-corrected chi connectivity index (χ1v) is 7.97. The maximum atomic E-state index is 5.61. The first-order chi connectivity index (χ1) is 10.4. The molecule has 1 N–H and O–H groups in total. The van der Waals surface area contributed by atoms with Gasteiger partial charge in [-0.1, -0.05) is 24.3 Å². The number of furan rings is 1. The zero-order chi connectivity index (χ0) is 14.1. The Morgan fingerprint density at radius 3 is 2.95 bits per heavy atom.